The average molecular weight is 210 g/mol. The van der Waals surface area contributed by atoms with Crippen LogP contribution in [-0.2, 0) is 9.53 Å². The molecule has 0 aliphatic heterocycles. The summed E-state index contributed by atoms with van der Waals surface area (Å²) in [5, 5.41) is 0. The molecule has 1 rings (SSSR count). The van der Waals surface area contributed by atoms with Crippen molar-refractivity contribution in [2.75, 3.05) is 7.11 Å². The number of ether oxygens (including phenoxy) is 1. The molecule has 1 unspecified atom stereocenters. The Labute approximate surface area is 92.7 Å². The van der Waals surface area contributed by atoms with Gasteiger partial charge in [0.25, 0.3) is 0 Å². The summed E-state index contributed by atoms with van der Waals surface area (Å²) < 4.78 is 4.65. The van der Waals surface area contributed by atoms with Crippen LogP contribution in [0.15, 0.2) is 11.6 Å². The summed E-state index contributed by atoms with van der Waals surface area (Å²) in [7, 11) is 1.44. The highest BCUT2D eigenvalue weighted by molar-refractivity contribution is 5.82. The third-order valence-corrected chi connectivity index (χ3v) is 2.99. The van der Waals surface area contributed by atoms with Crippen molar-refractivity contribution >= 4 is 5.97 Å². The van der Waals surface area contributed by atoms with E-state index < -0.39 is 0 Å². The van der Waals surface area contributed by atoms with E-state index >= 15 is 0 Å². The second-order valence-electron chi connectivity index (χ2n) is 4.92. The highest BCUT2D eigenvalue weighted by Gasteiger charge is 2.18. The van der Waals surface area contributed by atoms with Crippen LogP contribution in [0.3, 0.4) is 0 Å². The molecule has 15 heavy (non-hydrogen) atoms. The zero-order valence-corrected chi connectivity index (χ0v) is 10.1. The predicted octanol–water partition coefficient (Wildman–Crippen LogP) is 3.32. The molecule has 0 saturated heterocycles. The first-order valence-corrected chi connectivity index (χ1v) is 5.89. The third-order valence-electron chi connectivity index (χ3n) is 2.99. The van der Waals surface area contributed by atoms with Crippen molar-refractivity contribution in [3.63, 3.8) is 0 Å². The van der Waals surface area contributed by atoms with Gasteiger partial charge in [-0.1, -0.05) is 19.4 Å². The molecular weight excluding hydrogens is 188 g/mol. The first-order valence-electron chi connectivity index (χ1n) is 5.89. The van der Waals surface area contributed by atoms with Crippen molar-refractivity contribution in [2.45, 2.75) is 46.0 Å². The Kier molecular flexibility index (Phi) is 4.86. The molecule has 0 amide bonds. The van der Waals surface area contributed by atoms with Gasteiger partial charge < -0.3 is 4.74 Å². The Morgan fingerprint density at radius 3 is 2.93 bits per heavy atom. The molecule has 1 atom stereocenters. The quantitative estimate of drug-likeness (QED) is 0.527. The monoisotopic (exact) mass is 210 g/mol. The van der Waals surface area contributed by atoms with Gasteiger partial charge in [-0.25, -0.2) is 4.79 Å². The van der Waals surface area contributed by atoms with E-state index in [1.54, 1.807) is 6.08 Å². The van der Waals surface area contributed by atoms with Gasteiger partial charge in [-0.2, -0.15) is 0 Å². The lowest BCUT2D eigenvalue weighted by Gasteiger charge is -2.25. The van der Waals surface area contributed by atoms with Gasteiger partial charge in [0.05, 0.1) is 7.11 Å². The van der Waals surface area contributed by atoms with Gasteiger partial charge in [0.15, 0.2) is 0 Å². The van der Waals surface area contributed by atoms with Crippen molar-refractivity contribution < 1.29 is 9.53 Å². The third kappa shape index (κ3) is 4.50. The summed E-state index contributed by atoms with van der Waals surface area (Å²) in [6.45, 7) is 4.52. The maximum absolute atomic E-state index is 11.1. The van der Waals surface area contributed by atoms with Crippen LogP contribution in [0.25, 0.3) is 0 Å². The van der Waals surface area contributed by atoms with Crippen LogP contribution in [-0.4, -0.2) is 13.1 Å². The van der Waals surface area contributed by atoms with Crippen molar-refractivity contribution in [1.29, 1.82) is 0 Å². The number of methoxy groups -OCH3 is 1. The smallest absolute Gasteiger partial charge is 0.330 e. The van der Waals surface area contributed by atoms with Crippen LogP contribution in [0, 0.1) is 11.8 Å². The maximum Gasteiger partial charge on any atom is 0.330 e. The van der Waals surface area contributed by atoms with E-state index in [9.17, 15) is 4.79 Å². The predicted molar refractivity (Wildman–Crippen MR) is 61.5 cm³/mol. The molecule has 0 heterocycles. The molecule has 2 nitrogen and oxygen atoms in total. The molecule has 1 aliphatic carbocycles. The van der Waals surface area contributed by atoms with Gasteiger partial charge in [-0.15, -0.1) is 0 Å². The van der Waals surface area contributed by atoms with E-state index in [0.29, 0.717) is 0 Å². The largest absolute Gasteiger partial charge is 0.466 e. The number of hydrogen-bond donors (Lipinski definition) is 0. The minimum absolute atomic E-state index is 0.199. The fourth-order valence-corrected chi connectivity index (χ4v) is 2.42. The van der Waals surface area contributed by atoms with E-state index in [1.165, 1.54) is 31.9 Å². The zero-order chi connectivity index (χ0) is 11.3. The van der Waals surface area contributed by atoms with Crippen LogP contribution < -0.4 is 0 Å². The van der Waals surface area contributed by atoms with E-state index in [-0.39, 0.29) is 5.97 Å². The van der Waals surface area contributed by atoms with Gasteiger partial charge in [0.2, 0.25) is 0 Å². The lowest BCUT2D eigenvalue weighted by atomic mass is 9.81. The average Bonchev–Trinajstić information content (AvgIpc) is 2.17. The van der Waals surface area contributed by atoms with E-state index in [2.05, 4.69) is 18.6 Å². The minimum Gasteiger partial charge on any atom is -0.466 e. The van der Waals surface area contributed by atoms with Crippen LogP contribution in [0.1, 0.15) is 46.0 Å². The molecular formula is C13H22O2. The lowest BCUT2D eigenvalue weighted by Crippen LogP contribution is -2.12. The highest BCUT2D eigenvalue weighted by Crippen LogP contribution is 2.32. The van der Waals surface area contributed by atoms with Gasteiger partial charge in [0.1, 0.15) is 0 Å². The standard InChI is InChI=1S/C13H22O2/c1-10(2)7-11-5-4-6-12(8-11)9-13(14)15-3/h9-11H,4-8H2,1-3H3/b12-9-. The SMILES string of the molecule is COC(=O)/C=C1/CCCC(CC(C)C)C1. The zero-order valence-electron chi connectivity index (χ0n) is 10.1. The number of rotatable bonds is 3. The van der Waals surface area contributed by atoms with Crippen LogP contribution in [0.4, 0.5) is 0 Å². The van der Waals surface area contributed by atoms with Crippen LogP contribution >= 0.6 is 0 Å². The fraction of sp³-hybridized carbons (Fsp3) is 0.769. The van der Waals surface area contributed by atoms with Crippen molar-refractivity contribution in [3.8, 4) is 0 Å². The summed E-state index contributed by atoms with van der Waals surface area (Å²) in [6, 6.07) is 0. The molecule has 0 radical (unpaired) electrons. The molecule has 1 aliphatic rings. The summed E-state index contributed by atoms with van der Waals surface area (Å²) in [6.07, 6.45) is 7.67. The van der Waals surface area contributed by atoms with E-state index in [1.807, 2.05) is 0 Å². The van der Waals surface area contributed by atoms with Gasteiger partial charge in [0, 0.05) is 6.08 Å². The summed E-state index contributed by atoms with van der Waals surface area (Å²) >= 11 is 0. The van der Waals surface area contributed by atoms with Crippen molar-refractivity contribution in [2.24, 2.45) is 11.8 Å². The maximum atomic E-state index is 11.1. The Bertz CT molecular complexity index is 241. The van der Waals surface area contributed by atoms with Crippen molar-refractivity contribution in [3.05, 3.63) is 11.6 Å². The first-order chi connectivity index (χ1) is 7.11. The second-order valence-corrected chi connectivity index (χ2v) is 4.92. The molecule has 0 aromatic rings. The Balaban J connectivity index is 2.48. The normalized spacial score (nSPS) is 24.5. The number of carbonyl (C=O) groups is 1. The van der Waals surface area contributed by atoms with Crippen molar-refractivity contribution in [1.82, 2.24) is 0 Å². The highest BCUT2D eigenvalue weighted by atomic mass is 16.5. The summed E-state index contributed by atoms with van der Waals surface area (Å²) in [5.74, 6) is 1.33. The van der Waals surface area contributed by atoms with E-state index in [4.69, 9.17) is 0 Å². The molecule has 0 N–H and O–H groups in total. The molecule has 0 bridgehead atoms. The number of esters is 1. The Morgan fingerprint density at radius 2 is 2.33 bits per heavy atom. The molecule has 0 spiro atoms. The first kappa shape index (κ1) is 12.3. The Morgan fingerprint density at radius 1 is 1.60 bits per heavy atom. The molecule has 2 heteroatoms. The fourth-order valence-electron chi connectivity index (χ4n) is 2.42. The topological polar surface area (TPSA) is 26.3 Å². The summed E-state index contributed by atoms with van der Waals surface area (Å²) in [5.41, 5.74) is 1.28. The number of hydrogen-bond acceptors (Lipinski definition) is 2. The van der Waals surface area contributed by atoms with Gasteiger partial charge in [-0.3, -0.25) is 0 Å². The van der Waals surface area contributed by atoms with Crippen LogP contribution in [0.2, 0.25) is 0 Å². The second kappa shape index (κ2) is 5.94. The number of carbonyl (C=O) groups excluding carboxylic acids is 1. The summed E-state index contributed by atoms with van der Waals surface area (Å²) in [4.78, 5) is 11.1. The van der Waals surface area contributed by atoms with E-state index in [0.717, 1.165) is 24.7 Å². The molecule has 0 aromatic carbocycles. The lowest BCUT2D eigenvalue weighted by molar-refractivity contribution is -0.134. The van der Waals surface area contributed by atoms with Crippen LogP contribution in [0.5, 0.6) is 0 Å². The Hall–Kier alpha value is -0.790. The molecule has 86 valence electrons. The molecule has 0 aromatic heterocycles. The minimum atomic E-state index is -0.199. The van der Waals surface area contributed by atoms with Gasteiger partial charge in [-0.05, 0) is 43.9 Å². The van der Waals surface area contributed by atoms with Gasteiger partial charge >= 0.3 is 5.97 Å². The molecule has 1 fully saturated rings. The molecule has 1 saturated carbocycles. The number of allylic oxidation sites excluding steroid dienone is 1.